The summed E-state index contributed by atoms with van der Waals surface area (Å²) in [7, 11) is 0. The molecule has 2 N–H and O–H groups in total. The summed E-state index contributed by atoms with van der Waals surface area (Å²) < 4.78 is 4.68. The van der Waals surface area contributed by atoms with Gasteiger partial charge in [0.1, 0.15) is 6.04 Å². The first-order chi connectivity index (χ1) is 16.4. The van der Waals surface area contributed by atoms with E-state index in [9.17, 15) is 19.5 Å². The second-order valence-corrected chi connectivity index (χ2v) is 11.2. The minimum Gasteiger partial charge on any atom is -0.466 e. The van der Waals surface area contributed by atoms with Crippen LogP contribution in [-0.2, 0) is 19.1 Å². The highest BCUT2D eigenvalue weighted by molar-refractivity contribution is 8.02. The van der Waals surface area contributed by atoms with Crippen LogP contribution < -0.4 is 5.32 Å². The highest BCUT2D eigenvalue weighted by atomic mass is 32.2. The number of likely N-dealkylation sites (tertiary alicyclic amines) is 1. The van der Waals surface area contributed by atoms with Crippen LogP contribution in [0.2, 0.25) is 0 Å². The van der Waals surface area contributed by atoms with Crippen LogP contribution in [0.5, 0.6) is 0 Å². The van der Waals surface area contributed by atoms with Gasteiger partial charge in [-0.3, -0.25) is 14.4 Å². The lowest BCUT2D eigenvalue weighted by atomic mass is 9.66. The van der Waals surface area contributed by atoms with Gasteiger partial charge in [-0.05, 0) is 31.2 Å². The molecule has 186 valence electrons. The number of fused-ring (bicyclic) bond motifs is 1. The molecule has 34 heavy (non-hydrogen) atoms. The summed E-state index contributed by atoms with van der Waals surface area (Å²) >= 11 is 1.62. The smallest absolute Gasteiger partial charge is 0.310 e. The molecule has 3 unspecified atom stereocenters. The van der Waals surface area contributed by atoms with E-state index < -0.39 is 28.7 Å². The standard InChI is InChI=1S/C26H36N2O5S/c1-4-6-10-13-27-23(30)22-26-16(3)14-19(34-26)20(25(32)33-5-2)21(26)24(31)28(22)18(15-29)17-11-8-7-9-12-17/h7-9,11-12,16,18-22,29H,4-6,10,13-15H2,1-3H3,(H,27,30)/t16?,18-,19+,20-,21+,22?,26?/m1/s1. The van der Waals surface area contributed by atoms with E-state index in [1.165, 1.54) is 0 Å². The number of thioether (sulfide) groups is 1. The number of aliphatic hydroxyl groups is 1. The molecule has 0 saturated carbocycles. The number of ether oxygens (including phenoxy) is 1. The van der Waals surface area contributed by atoms with E-state index in [1.807, 2.05) is 30.3 Å². The average Bonchev–Trinajstić information content (AvgIpc) is 3.42. The van der Waals surface area contributed by atoms with Gasteiger partial charge in [0.2, 0.25) is 11.8 Å². The molecule has 7 nitrogen and oxygen atoms in total. The van der Waals surface area contributed by atoms with Gasteiger partial charge in [0.25, 0.3) is 0 Å². The van der Waals surface area contributed by atoms with Crippen molar-refractivity contribution < 1.29 is 24.2 Å². The van der Waals surface area contributed by atoms with Crippen LogP contribution in [0.1, 0.15) is 58.1 Å². The second-order valence-electron chi connectivity index (χ2n) is 9.66. The summed E-state index contributed by atoms with van der Waals surface area (Å²) in [6.07, 6.45) is 3.70. The molecule has 0 aliphatic carbocycles. The van der Waals surface area contributed by atoms with Gasteiger partial charge in [-0.25, -0.2) is 0 Å². The van der Waals surface area contributed by atoms with Gasteiger partial charge in [0.15, 0.2) is 0 Å². The molecule has 3 saturated heterocycles. The molecule has 8 heteroatoms. The molecule has 4 rings (SSSR count). The van der Waals surface area contributed by atoms with Gasteiger partial charge >= 0.3 is 5.97 Å². The number of carbonyl (C=O) groups excluding carboxylic acids is 3. The zero-order valence-electron chi connectivity index (χ0n) is 20.2. The van der Waals surface area contributed by atoms with E-state index in [-0.39, 0.29) is 42.2 Å². The number of hydrogen-bond acceptors (Lipinski definition) is 6. The van der Waals surface area contributed by atoms with E-state index >= 15 is 0 Å². The largest absolute Gasteiger partial charge is 0.466 e. The monoisotopic (exact) mass is 488 g/mol. The van der Waals surface area contributed by atoms with E-state index in [2.05, 4.69) is 19.2 Å². The fourth-order valence-corrected chi connectivity index (χ4v) is 8.71. The molecule has 0 radical (unpaired) electrons. The van der Waals surface area contributed by atoms with Crippen molar-refractivity contribution in [2.75, 3.05) is 19.8 Å². The molecule has 1 aromatic carbocycles. The number of rotatable bonds is 10. The third kappa shape index (κ3) is 3.92. The van der Waals surface area contributed by atoms with Crippen molar-refractivity contribution in [3.63, 3.8) is 0 Å². The van der Waals surface area contributed by atoms with Gasteiger partial charge in [-0.1, -0.05) is 57.0 Å². The predicted octanol–water partition coefficient (Wildman–Crippen LogP) is 2.93. The summed E-state index contributed by atoms with van der Waals surface area (Å²) in [6.45, 7) is 6.47. The Labute approximate surface area is 206 Å². The average molecular weight is 489 g/mol. The van der Waals surface area contributed by atoms with Crippen LogP contribution >= 0.6 is 11.8 Å². The lowest BCUT2D eigenvalue weighted by molar-refractivity contribution is -0.154. The number of hydrogen-bond donors (Lipinski definition) is 2. The Kier molecular flexibility index (Phi) is 7.57. The third-order valence-electron chi connectivity index (χ3n) is 7.76. The third-order valence-corrected chi connectivity index (χ3v) is 9.84. The van der Waals surface area contributed by atoms with Gasteiger partial charge in [0, 0.05) is 11.8 Å². The number of carbonyl (C=O) groups is 3. The molecule has 3 aliphatic rings. The van der Waals surface area contributed by atoms with Crippen LogP contribution in [-0.4, -0.2) is 63.6 Å². The van der Waals surface area contributed by atoms with E-state index in [0.717, 1.165) is 31.2 Å². The summed E-state index contributed by atoms with van der Waals surface area (Å²) in [6, 6.07) is 7.93. The van der Waals surface area contributed by atoms with Crippen molar-refractivity contribution in [2.45, 2.75) is 68.5 Å². The van der Waals surface area contributed by atoms with Crippen LogP contribution in [0.4, 0.5) is 0 Å². The van der Waals surface area contributed by atoms with Crippen molar-refractivity contribution in [1.82, 2.24) is 10.2 Å². The Bertz CT molecular complexity index is 912. The van der Waals surface area contributed by atoms with Crippen LogP contribution in [0.25, 0.3) is 0 Å². The van der Waals surface area contributed by atoms with Gasteiger partial charge in [0.05, 0.1) is 35.8 Å². The summed E-state index contributed by atoms with van der Waals surface area (Å²) in [5, 5.41) is 13.5. The molecule has 0 aromatic heterocycles. The van der Waals surface area contributed by atoms with Gasteiger partial charge in [-0.15, -0.1) is 11.8 Å². The van der Waals surface area contributed by atoms with Crippen molar-refractivity contribution >= 4 is 29.5 Å². The Hall–Kier alpha value is -2.06. The molecular weight excluding hydrogens is 452 g/mol. The SMILES string of the molecule is CCCCCNC(=O)C1N([C@H](CO)c2ccccc2)C(=O)[C@@H]2[C@H](C(=O)OCC)[C@@H]3CC(C)C12S3. The summed E-state index contributed by atoms with van der Waals surface area (Å²) in [5.41, 5.74) is 0.776. The van der Waals surface area contributed by atoms with Crippen LogP contribution in [0.3, 0.4) is 0 Å². The first kappa shape index (κ1) is 25.0. The van der Waals surface area contributed by atoms with Gasteiger partial charge in [-0.2, -0.15) is 0 Å². The number of unbranched alkanes of at least 4 members (excludes halogenated alkanes) is 2. The molecule has 2 amide bonds. The Morgan fingerprint density at radius 1 is 1.26 bits per heavy atom. The Morgan fingerprint density at radius 2 is 2.00 bits per heavy atom. The quantitative estimate of drug-likeness (QED) is 0.388. The minimum absolute atomic E-state index is 0.0372. The molecule has 3 heterocycles. The number of esters is 1. The minimum atomic E-state index is -0.756. The van der Waals surface area contributed by atoms with Crippen molar-refractivity contribution in [1.29, 1.82) is 0 Å². The number of nitrogens with zero attached hydrogens (tertiary/aromatic N) is 1. The normalized spacial score (nSPS) is 32.5. The number of benzene rings is 1. The zero-order chi connectivity index (χ0) is 24.5. The molecule has 2 bridgehead atoms. The summed E-state index contributed by atoms with van der Waals surface area (Å²) in [4.78, 5) is 42.5. The molecule has 7 atom stereocenters. The Balaban J connectivity index is 1.76. The second kappa shape index (κ2) is 10.3. The fourth-order valence-electron chi connectivity index (χ4n) is 6.31. The van der Waals surface area contributed by atoms with Crippen molar-refractivity contribution in [2.24, 2.45) is 17.8 Å². The van der Waals surface area contributed by atoms with E-state index in [4.69, 9.17) is 4.74 Å². The lowest BCUT2D eigenvalue weighted by Gasteiger charge is -2.40. The number of aliphatic hydroxyl groups excluding tert-OH is 1. The van der Waals surface area contributed by atoms with Crippen molar-refractivity contribution in [3.05, 3.63) is 35.9 Å². The molecule has 3 aliphatic heterocycles. The lowest BCUT2D eigenvalue weighted by Crippen LogP contribution is -2.57. The first-order valence-corrected chi connectivity index (χ1v) is 13.4. The number of amides is 2. The maximum absolute atomic E-state index is 14.1. The maximum atomic E-state index is 14.1. The van der Waals surface area contributed by atoms with Crippen LogP contribution in [0.15, 0.2) is 30.3 Å². The predicted molar refractivity (Wildman–Crippen MR) is 131 cm³/mol. The van der Waals surface area contributed by atoms with E-state index in [0.29, 0.717) is 6.54 Å². The zero-order valence-corrected chi connectivity index (χ0v) is 21.1. The van der Waals surface area contributed by atoms with E-state index in [1.54, 1.807) is 23.6 Å². The summed E-state index contributed by atoms with van der Waals surface area (Å²) in [5.74, 6) is -1.88. The van der Waals surface area contributed by atoms with Gasteiger partial charge < -0.3 is 20.1 Å². The highest BCUT2D eigenvalue weighted by Crippen LogP contribution is 2.69. The molecule has 1 aromatic rings. The Morgan fingerprint density at radius 3 is 2.65 bits per heavy atom. The highest BCUT2D eigenvalue weighted by Gasteiger charge is 2.76. The molecule has 1 spiro atoms. The fraction of sp³-hybridized carbons (Fsp3) is 0.654. The molecular formula is C26H36N2O5S. The maximum Gasteiger partial charge on any atom is 0.310 e. The van der Waals surface area contributed by atoms with Crippen molar-refractivity contribution in [3.8, 4) is 0 Å². The number of nitrogens with one attached hydrogen (secondary N) is 1. The molecule has 3 fully saturated rings. The first-order valence-electron chi connectivity index (χ1n) is 12.5. The van der Waals surface area contributed by atoms with Crippen LogP contribution in [0, 0.1) is 17.8 Å². The topological polar surface area (TPSA) is 95.9 Å².